The third kappa shape index (κ3) is 4.38. The summed E-state index contributed by atoms with van der Waals surface area (Å²) < 4.78 is 35.3. The summed E-state index contributed by atoms with van der Waals surface area (Å²) >= 11 is 0. The van der Waals surface area contributed by atoms with E-state index in [9.17, 15) is 8.42 Å². The first-order valence-corrected chi connectivity index (χ1v) is 10.5. The molecule has 0 radical (unpaired) electrons. The van der Waals surface area contributed by atoms with E-state index in [1.807, 2.05) is 24.3 Å². The SMILES string of the molecule is COCCc1nc2cnc3ccccc3c2n1CCOCCS(C)(=O)=O. The van der Waals surface area contributed by atoms with E-state index in [1.54, 1.807) is 13.3 Å². The Kier molecular flexibility index (Phi) is 5.85. The van der Waals surface area contributed by atoms with Crippen molar-refractivity contribution >= 4 is 31.8 Å². The Balaban J connectivity index is 1.88. The molecule has 0 bridgehead atoms. The summed E-state index contributed by atoms with van der Waals surface area (Å²) in [4.78, 5) is 9.18. The van der Waals surface area contributed by atoms with Crippen molar-refractivity contribution in [1.82, 2.24) is 14.5 Å². The lowest BCUT2D eigenvalue weighted by atomic mass is 10.2. The highest BCUT2D eigenvalue weighted by molar-refractivity contribution is 7.90. The van der Waals surface area contributed by atoms with Gasteiger partial charge in [-0.2, -0.15) is 0 Å². The molecule has 26 heavy (non-hydrogen) atoms. The number of pyridine rings is 1. The van der Waals surface area contributed by atoms with Gasteiger partial charge in [0.1, 0.15) is 21.2 Å². The predicted molar refractivity (Wildman–Crippen MR) is 101 cm³/mol. The first-order valence-electron chi connectivity index (χ1n) is 8.47. The Morgan fingerprint density at radius 3 is 2.69 bits per heavy atom. The number of ether oxygens (including phenoxy) is 2. The average Bonchev–Trinajstić information content (AvgIpc) is 2.96. The van der Waals surface area contributed by atoms with Gasteiger partial charge >= 0.3 is 0 Å². The van der Waals surface area contributed by atoms with Crippen LogP contribution in [0.2, 0.25) is 0 Å². The number of hydrogen-bond donors (Lipinski definition) is 0. The zero-order chi connectivity index (χ0) is 18.6. The fraction of sp³-hybridized carbons (Fsp3) is 0.444. The molecule has 2 heterocycles. The molecule has 0 aliphatic carbocycles. The molecule has 0 aliphatic heterocycles. The maximum Gasteiger partial charge on any atom is 0.149 e. The number of aromatic nitrogens is 3. The van der Waals surface area contributed by atoms with Crippen LogP contribution in [0.5, 0.6) is 0 Å². The average molecular weight is 377 g/mol. The van der Waals surface area contributed by atoms with Crippen molar-refractivity contribution in [2.24, 2.45) is 0 Å². The van der Waals surface area contributed by atoms with Crippen molar-refractivity contribution in [1.29, 1.82) is 0 Å². The van der Waals surface area contributed by atoms with Crippen LogP contribution in [-0.4, -0.2) is 61.9 Å². The van der Waals surface area contributed by atoms with E-state index in [0.29, 0.717) is 26.2 Å². The highest BCUT2D eigenvalue weighted by atomic mass is 32.2. The number of rotatable bonds is 9. The van der Waals surface area contributed by atoms with Crippen LogP contribution in [-0.2, 0) is 32.3 Å². The minimum Gasteiger partial charge on any atom is -0.384 e. The van der Waals surface area contributed by atoms with Crippen molar-refractivity contribution in [2.45, 2.75) is 13.0 Å². The third-order valence-corrected chi connectivity index (χ3v) is 5.05. The molecule has 2 aromatic heterocycles. The molecule has 0 unspecified atom stereocenters. The van der Waals surface area contributed by atoms with Crippen LogP contribution in [0.4, 0.5) is 0 Å². The van der Waals surface area contributed by atoms with E-state index < -0.39 is 9.84 Å². The lowest BCUT2D eigenvalue weighted by Crippen LogP contribution is -2.15. The highest BCUT2D eigenvalue weighted by Gasteiger charge is 2.14. The van der Waals surface area contributed by atoms with Crippen molar-refractivity contribution in [3.63, 3.8) is 0 Å². The van der Waals surface area contributed by atoms with Crippen molar-refractivity contribution in [3.05, 3.63) is 36.3 Å². The van der Waals surface area contributed by atoms with Gasteiger partial charge in [-0.3, -0.25) is 4.98 Å². The number of nitrogens with zero attached hydrogens (tertiary/aromatic N) is 3. The van der Waals surface area contributed by atoms with Gasteiger partial charge in [0.05, 0.1) is 42.8 Å². The second-order valence-corrected chi connectivity index (χ2v) is 8.43. The third-order valence-electron chi connectivity index (χ3n) is 4.15. The molecule has 0 spiro atoms. The van der Waals surface area contributed by atoms with Crippen LogP contribution in [0.3, 0.4) is 0 Å². The Bertz CT molecular complexity index is 998. The van der Waals surface area contributed by atoms with Gasteiger partial charge in [0.15, 0.2) is 0 Å². The zero-order valence-corrected chi connectivity index (χ0v) is 15.8. The van der Waals surface area contributed by atoms with Crippen LogP contribution in [0, 0.1) is 0 Å². The fourth-order valence-corrected chi connectivity index (χ4v) is 3.32. The second kappa shape index (κ2) is 8.11. The molecule has 140 valence electrons. The summed E-state index contributed by atoms with van der Waals surface area (Å²) in [6.45, 7) is 1.77. The summed E-state index contributed by atoms with van der Waals surface area (Å²) in [7, 11) is -1.35. The topological polar surface area (TPSA) is 83.3 Å². The second-order valence-electron chi connectivity index (χ2n) is 6.17. The standard InChI is InChI=1S/C18H23N3O4S/c1-24-9-7-17-20-16-13-19-15-6-4-3-5-14(15)18(16)21(17)8-10-25-11-12-26(2,22)23/h3-6,13H,7-12H2,1-2H3. The zero-order valence-electron chi connectivity index (χ0n) is 15.0. The van der Waals surface area contributed by atoms with Gasteiger partial charge in [-0.1, -0.05) is 18.2 Å². The van der Waals surface area contributed by atoms with E-state index in [4.69, 9.17) is 14.5 Å². The molecule has 0 amide bonds. The summed E-state index contributed by atoms with van der Waals surface area (Å²) in [5, 5.41) is 1.04. The molecular formula is C18H23N3O4S. The van der Waals surface area contributed by atoms with Crippen LogP contribution in [0.25, 0.3) is 21.9 Å². The number of fused-ring (bicyclic) bond motifs is 3. The minimum atomic E-state index is -3.01. The number of para-hydroxylation sites is 1. The van der Waals surface area contributed by atoms with E-state index in [1.165, 1.54) is 6.26 Å². The van der Waals surface area contributed by atoms with Crippen LogP contribution >= 0.6 is 0 Å². The lowest BCUT2D eigenvalue weighted by Gasteiger charge is -2.11. The van der Waals surface area contributed by atoms with Gasteiger partial charge in [-0.15, -0.1) is 0 Å². The highest BCUT2D eigenvalue weighted by Crippen LogP contribution is 2.25. The van der Waals surface area contributed by atoms with Crippen molar-refractivity contribution in [3.8, 4) is 0 Å². The molecule has 3 aromatic rings. The molecule has 3 rings (SSSR count). The largest absolute Gasteiger partial charge is 0.384 e. The van der Waals surface area contributed by atoms with Gasteiger partial charge in [0.25, 0.3) is 0 Å². The number of methoxy groups -OCH3 is 1. The summed E-state index contributed by atoms with van der Waals surface area (Å²) in [5.41, 5.74) is 2.77. The molecule has 1 aromatic carbocycles. The van der Waals surface area contributed by atoms with Crippen LogP contribution in [0.15, 0.2) is 30.5 Å². The van der Waals surface area contributed by atoms with E-state index >= 15 is 0 Å². The monoisotopic (exact) mass is 377 g/mol. The van der Waals surface area contributed by atoms with E-state index in [0.717, 1.165) is 27.8 Å². The Morgan fingerprint density at radius 2 is 1.92 bits per heavy atom. The number of sulfone groups is 1. The Labute approximate surface area is 152 Å². The molecule has 0 N–H and O–H groups in total. The maximum absolute atomic E-state index is 11.2. The molecule has 8 heteroatoms. The first kappa shape index (κ1) is 18.8. The minimum absolute atomic E-state index is 0.0288. The van der Waals surface area contributed by atoms with Crippen LogP contribution in [0.1, 0.15) is 5.82 Å². The Morgan fingerprint density at radius 1 is 1.12 bits per heavy atom. The van der Waals surface area contributed by atoms with E-state index in [2.05, 4.69) is 9.55 Å². The molecule has 0 saturated heterocycles. The van der Waals surface area contributed by atoms with Gasteiger partial charge < -0.3 is 14.0 Å². The molecule has 0 saturated carbocycles. The maximum atomic E-state index is 11.2. The lowest BCUT2D eigenvalue weighted by molar-refractivity contribution is 0.140. The van der Waals surface area contributed by atoms with Gasteiger partial charge in [-0.05, 0) is 6.07 Å². The molecule has 7 nitrogen and oxygen atoms in total. The fourth-order valence-electron chi connectivity index (χ4n) is 2.90. The normalized spacial score (nSPS) is 12.2. The molecule has 0 atom stereocenters. The quantitative estimate of drug-likeness (QED) is 0.529. The smallest absolute Gasteiger partial charge is 0.149 e. The number of benzene rings is 1. The van der Waals surface area contributed by atoms with Crippen molar-refractivity contribution in [2.75, 3.05) is 38.9 Å². The number of hydrogen-bond acceptors (Lipinski definition) is 6. The van der Waals surface area contributed by atoms with Gasteiger partial charge in [0, 0.05) is 31.7 Å². The molecule has 0 fully saturated rings. The first-order chi connectivity index (χ1) is 12.5. The Hall–Kier alpha value is -2.03. The van der Waals surface area contributed by atoms with Gasteiger partial charge in [-0.25, -0.2) is 13.4 Å². The summed E-state index contributed by atoms with van der Waals surface area (Å²) in [6.07, 6.45) is 3.68. The molecule has 0 aliphatic rings. The predicted octanol–water partition coefficient (Wildman–Crippen LogP) is 1.83. The summed E-state index contributed by atoms with van der Waals surface area (Å²) in [5.74, 6) is 0.938. The molecular weight excluding hydrogens is 354 g/mol. The number of imidazole rings is 1. The van der Waals surface area contributed by atoms with Crippen LogP contribution < -0.4 is 0 Å². The van der Waals surface area contributed by atoms with E-state index in [-0.39, 0.29) is 12.4 Å². The summed E-state index contributed by atoms with van der Waals surface area (Å²) in [6, 6.07) is 7.96. The van der Waals surface area contributed by atoms with Crippen molar-refractivity contribution < 1.29 is 17.9 Å². The van der Waals surface area contributed by atoms with Gasteiger partial charge in [0.2, 0.25) is 0 Å².